The highest BCUT2D eigenvalue weighted by atomic mass is 16.5. The van der Waals surface area contributed by atoms with E-state index in [0.29, 0.717) is 16.9 Å². The van der Waals surface area contributed by atoms with E-state index in [2.05, 4.69) is 28.8 Å². The Morgan fingerprint density at radius 1 is 1.07 bits per heavy atom. The van der Waals surface area contributed by atoms with Crippen molar-refractivity contribution in [2.24, 2.45) is 0 Å². The van der Waals surface area contributed by atoms with Gasteiger partial charge >= 0.3 is 5.97 Å². The summed E-state index contributed by atoms with van der Waals surface area (Å²) in [7, 11) is 0. The Balaban J connectivity index is 1.68. The number of anilines is 1. The molecule has 0 unspecified atom stereocenters. The lowest BCUT2D eigenvalue weighted by molar-refractivity contribution is -0.119. The average molecular weight is 409 g/mol. The summed E-state index contributed by atoms with van der Waals surface area (Å²) >= 11 is 0. The zero-order valence-corrected chi connectivity index (χ0v) is 18.3. The summed E-state index contributed by atoms with van der Waals surface area (Å²) in [4.78, 5) is 24.9. The van der Waals surface area contributed by atoms with E-state index in [4.69, 9.17) is 4.74 Å². The van der Waals surface area contributed by atoms with E-state index in [-0.39, 0.29) is 12.6 Å². The number of nitrogens with zero attached hydrogens (tertiary/aromatic N) is 3. The van der Waals surface area contributed by atoms with Crippen LogP contribution in [0.25, 0.3) is 5.69 Å². The number of benzene rings is 1. The van der Waals surface area contributed by atoms with Crippen LogP contribution in [0.3, 0.4) is 0 Å². The van der Waals surface area contributed by atoms with Crippen molar-refractivity contribution in [3.05, 3.63) is 64.7 Å². The van der Waals surface area contributed by atoms with Gasteiger partial charge in [0.1, 0.15) is 0 Å². The molecule has 0 aliphatic rings. The summed E-state index contributed by atoms with van der Waals surface area (Å²) in [5.74, 6) is -0.904. The summed E-state index contributed by atoms with van der Waals surface area (Å²) in [5.41, 5.74) is 5.33. The van der Waals surface area contributed by atoms with Crippen molar-refractivity contribution >= 4 is 17.6 Å². The molecule has 7 heteroatoms. The smallest absolute Gasteiger partial charge is 0.340 e. The molecule has 0 saturated carbocycles. The van der Waals surface area contributed by atoms with Gasteiger partial charge in [-0.1, -0.05) is 18.2 Å². The number of nitrogens with one attached hydrogen (secondary N) is 1. The zero-order valence-electron chi connectivity index (χ0n) is 18.3. The third kappa shape index (κ3) is 4.15. The number of ether oxygens (including phenoxy) is 1. The number of amides is 1. The molecule has 0 bridgehead atoms. The first kappa shape index (κ1) is 21.4. The molecule has 158 valence electrons. The number of aromatic nitrogens is 3. The van der Waals surface area contributed by atoms with Crippen LogP contribution in [0.4, 0.5) is 5.69 Å². The van der Waals surface area contributed by atoms with Crippen LogP contribution in [-0.2, 0) is 9.53 Å². The Morgan fingerprint density at radius 3 is 2.33 bits per heavy atom. The van der Waals surface area contributed by atoms with Crippen molar-refractivity contribution in [1.82, 2.24) is 14.3 Å². The summed E-state index contributed by atoms with van der Waals surface area (Å²) in [6, 6.07) is 11.7. The van der Waals surface area contributed by atoms with Crippen molar-refractivity contribution in [3.8, 4) is 5.69 Å². The molecule has 0 fully saturated rings. The van der Waals surface area contributed by atoms with Gasteiger partial charge in [0.05, 0.1) is 28.3 Å². The standard InChI is InChI=1S/C23H28N4O3/c1-14(2)26-15(3)12-20(17(26)5)23(29)30-13-21(28)24-22-16(4)25-27(18(22)6)19-10-8-7-9-11-19/h7-12,14H,13H2,1-6H3,(H,24,28). The second-order valence-corrected chi connectivity index (χ2v) is 7.67. The van der Waals surface area contributed by atoms with Gasteiger partial charge in [0.15, 0.2) is 6.61 Å². The fourth-order valence-corrected chi connectivity index (χ4v) is 3.81. The molecule has 7 nitrogen and oxygen atoms in total. The van der Waals surface area contributed by atoms with Crippen LogP contribution in [-0.4, -0.2) is 32.8 Å². The van der Waals surface area contributed by atoms with Crippen LogP contribution in [0.15, 0.2) is 36.4 Å². The quantitative estimate of drug-likeness (QED) is 0.618. The molecule has 2 aromatic heterocycles. The first-order valence-corrected chi connectivity index (χ1v) is 9.97. The van der Waals surface area contributed by atoms with Crippen LogP contribution in [0.5, 0.6) is 0 Å². The van der Waals surface area contributed by atoms with Crippen LogP contribution < -0.4 is 5.32 Å². The fraction of sp³-hybridized carbons (Fsp3) is 0.348. The number of para-hydroxylation sites is 1. The van der Waals surface area contributed by atoms with Crippen molar-refractivity contribution in [2.45, 2.75) is 47.6 Å². The molecule has 0 aliphatic heterocycles. The van der Waals surface area contributed by atoms with Gasteiger partial charge in [-0.15, -0.1) is 0 Å². The van der Waals surface area contributed by atoms with Crippen molar-refractivity contribution in [2.75, 3.05) is 11.9 Å². The second kappa shape index (κ2) is 8.57. The number of carbonyl (C=O) groups excluding carboxylic acids is 2. The van der Waals surface area contributed by atoms with Crippen LogP contribution in [0, 0.1) is 27.7 Å². The molecule has 0 aliphatic carbocycles. The van der Waals surface area contributed by atoms with Gasteiger partial charge < -0.3 is 14.6 Å². The zero-order chi connectivity index (χ0) is 22.0. The molecular formula is C23H28N4O3. The van der Waals surface area contributed by atoms with Crippen LogP contribution in [0.1, 0.15) is 53.0 Å². The Morgan fingerprint density at radius 2 is 1.73 bits per heavy atom. The van der Waals surface area contributed by atoms with E-state index in [0.717, 1.165) is 22.8 Å². The lowest BCUT2D eigenvalue weighted by Gasteiger charge is -2.13. The van der Waals surface area contributed by atoms with E-state index in [9.17, 15) is 9.59 Å². The first-order valence-electron chi connectivity index (χ1n) is 9.97. The lowest BCUT2D eigenvalue weighted by atomic mass is 10.2. The van der Waals surface area contributed by atoms with E-state index in [1.54, 1.807) is 10.7 Å². The van der Waals surface area contributed by atoms with Crippen LogP contribution in [0.2, 0.25) is 0 Å². The van der Waals surface area contributed by atoms with E-state index >= 15 is 0 Å². The number of hydrogen-bond acceptors (Lipinski definition) is 4. The van der Waals surface area contributed by atoms with Gasteiger partial charge in [-0.3, -0.25) is 4.79 Å². The molecule has 1 aromatic carbocycles. The highest BCUT2D eigenvalue weighted by molar-refractivity contribution is 5.96. The van der Waals surface area contributed by atoms with Crippen molar-refractivity contribution < 1.29 is 14.3 Å². The molecule has 2 heterocycles. The van der Waals surface area contributed by atoms with Crippen LogP contribution >= 0.6 is 0 Å². The maximum Gasteiger partial charge on any atom is 0.340 e. The molecule has 0 spiro atoms. The normalized spacial score (nSPS) is 11.0. The molecule has 1 N–H and O–H groups in total. The lowest BCUT2D eigenvalue weighted by Crippen LogP contribution is -2.22. The number of esters is 1. The molecule has 0 atom stereocenters. The minimum atomic E-state index is -0.501. The van der Waals surface area contributed by atoms with Gasteiger partial charge in [0.2, 0.25) is 0 Å². The van der Waals surface area contributed by atoms with Gasteiger partial charge in [0, 0.05) is 17.4 Å². The first-order chi connectivity index (χ1) is 14.2. The summed E-state index contributed by atoms with van der Waals surface area (Å²) < 4.78 is 9.12. The third-order valence-electron chi connectivity index (χ3n) is 5.11. The molecule has 1 amide bonds. The Bertz CT molecular complexity index is 1080. The maximum absolute atomic E-state index is 12.5. The van der Waals surface area contributed by atoms with Gasteiger partial charge in [-0.2, -0.15) is 5.10 Å². The van der Waals surface area contributed by atoms with Gasteiger partial charge in [0.25, 0.3) is 5.91 Å². The van der Waals surface area contributed by atoms with E-state index in [1.807, 2.05) is 58.0 Å². The highest BCUT2D eigenvalue weighted by Gasteiger charge is 2.20. The monoisotopic (exact) mass is 408 g/mol. The Hall–Kier alpha value is -3.35. The minimum absolute atomic E-state index is 0.238. The average Bonchev–Trinajstić information content (AvgIpc) is 3.16. The van der Waals surface area contributed by atoms with Gasteiger partial charge in [-0.25, -0.2) is 9.48 Å². The number of aryl methyl sites for hydroxylation is 2. The van der Waals surface area contributed by atoms with Crippen molar-refractivity contribution in [1.29, 1.82) is 0 Å². The van der Waals surface area contributed by atoms with Gasteiger partial charge in [-0.05, 0) is 59.7 Å². The molecule has 0 radical (unpaired) electrons. The molecule has 3 rings (SSSR count). The summed E-state index contributed by atoms with van der Waals surface area (Å²) in [6.07, 6.45) is 0. The topological polar surface area (TPSA) is 78.2 Å². The van der Waals surface area contributed by atoms with E-state index < -0.39 is 11.9 Å². The van der Waals surface area contributed by atoms with E-state index in [1.165, 1.54) is 0 Å². The molecule has 0 saturated heterocycles. The largest absolute Gasteiger partial charge is 0.452 e. The summed E-state index contributed by atoms with van der Waals surface area (Å²) in [6.45, 7) is 11.3. The Kier molecular flexibility index (Phi) is 6.10. The second-order valence-electron chi connectivity index (χ2n) is 7.67. The SMILES string of the molecule is Cc1nn(-c2ccccc2)c(C)c1NC(=O)COC(=O)c1cc(C)n(C(C)C)c1C. The predicted molar refractivity (Wildman–Crippen MR) is 116 cm³/mol. The molecule has 3 aromatic rings. The molecular weight excluding hydrogens is 380 g/mol. The predicted octanol–water partition coefficient (Wildman–Crippen LogP) is 4.28. The number of hydrogen-bond donors (Lipinski definition) is 1. The summed E-state index contributed by atoms with van der Waals surface area (Å²) in [5, 5.41) is 7.33. The number of carbonyl (C=O) groups is 2. The fourth-order valence-electron chi connectivity index (χ4n) is 3.81. The highest BCUT2D eigenvalue weighted by Crippen LogP contribution is 2.23. The minimum Gasteiger partial charge on any atom is -0.452 e. The number of rotatable bonds is 6. The Labute approximate surface area is 176 Å². The molecule has 30 heavy (non-hydrogen) atoms. The maximum atomic E-state index is 12.5. The third-order valence-corrected chi connectivity index (χ3v) is 5.11. The van der Waals surface area contributed by atoms with Crippen molar-refractivity contribution in [3.63, 3.8) is 0 Å².